The van der Waals surface area contributed by atoms with Gasteiger partial charge in [-0.1, -0.05) is 44.4 Å². The SMILES string of the molecule is Cc1ccc(N(CC(C)C)C2CCCC2)c(CCN)c1. The summed E-state index contributed by atoms with van der Waals surface area (Å²) in [5, 5.41) is 0. The van der Waals surface area contributed by atoms with Crippen LogP contribution in [0.1, 0.15) is 50.7 Å². The monoisotopic (exact) mass is 274 g/mol. The number of anilines is 1. The molecule has 0 unspecified atom stereocenters. The Bertz CT molecular complexity index is 419. The maximum absolute atomic E-state index is 5.82. The number of hydrogen-bond acceptors (Lipinski definition) is 2. The van der Waals surface area contributed by atoms with Crippen molar-refractivity contribution < 1.29 is 0 Å². The predicted molar refractivity (Wildman–Crippen MR) is 88.4 cm³/mol. The van der Waals surface area contributed by atoms with Crippen LogP contribution >= 0.6 is 0 Å². The van der Waals surface area contributed by atoms with E-state index in [2.05, 4.69) is 43.9 Å². The molecule has 0 atom stereocenters. The van der Waals surface area contributed by atoms with E-state index < -0.39 is 0 Å². The Balaban J connectivity index is 2.31. The first-order valence-electron chi connectivity index (χ1n) is 8.18. The summed E-state index contributed by atoms with van der Waals surface area (Å²) in [6.07, 6.45) is 6.46. The first kappa shape index (κ1) is 15.4. The highest BCUT2D eigenvalue weighted by Gasteiger charge is 2.24. The Morgan fingerprint density at radius 3 is 2.55 bits per heavy atom. The summed E-state index contributed by atoms with van der Waals surface area (Å²) < 4.78 is 0. The van der Waals surface area contributed by atoms with E-state index in [1.807, 2.05) is 0 Å². The third-order valence-electron chi connectivity index (χ3n) is 4.29. The van der Waals surface area contributed by atoms with Crippen molar-refractivity contribution >= 4 is 5.69 Å². The Morgan fingerprint density at radius 2 is 1.95 bits per heavy atom. The van der Waals surface area contributed by atoms with E-state index >= 15 is 0 Å². The Morgan fingerprint density at radius 1 is 1.25 bits per heavy atom. The number of rotatable bonds is 6. The third kappa shape index (κ3) is 3.76. The Kier molecular flexibility index (Phi) is 5.47. The molecule has 2 heteroatoms. The van der Waals surface area contributed by atoms with Gasteiger partial charge in [-0.25, -0.2) is 0 Å². The lowest BCUT2D eigenvalue weighted by Gasteiger charge is -2.34. The van der Waals surface area contributed by atoms with Gasteiger partial charge in [0, 0.05) is 18.3 Å². The van der Waals surface area contributed by atoms with E-state index in [1.54, 1.807) is 0 Å². The predicted octanol–water partition coefficient (Wildman–Crippen LogP) is 3.90. The van der Waals surface area contributed by atoms with Gasteiger partial charge in [0.05, 0.1) is 0 Å². The zero-order chi connectivity index (χ0) is 14.5. The van der Waals surface area contributed by atoms with E-state index in [0.29, 0.717) is 5.92 Å². The molecule has 0 bridgehead atoms. The molecule has 0 amide bonds. The fourth-order valence-corrected chi connectivity index (χ4v) is 3.40. The van der Waals surface area contributed by atoms with E-state index in [0.717, 1.165) is 25.6 Å². The maximum atomic E-state index is 5.82. The minimum Gasteiger partial charge on any atom is -0.368 e. The second kappa shape index (κ2) is 7.12. The molecule has 1 saturated carbocycles. The standard InChI is InChI=1S/C18H30N2/c1-14(2)13-20(17-6-4-5-7-17)18-9-8-15(3)12-16(18)10-11-19/h8-9,12,14,17H,4-7,10-11,13,19H2,1-3H3. The zero-order valence-corrected chi connectivity index (χ0v) is 13.4. The van der Waals surface area contributed by atoms with Crippen molar-refractivity contribution in [2.75, 3.05) is 18.0 Å². The van der Waals surface area contributed by atoms with Crippen molar-refractivity contribution in [1.82, 2.24) is 0 Å². The van der Waals surface area contributed by atoms with Crippen LogP contribution in [0.5, 0.6) is 0 Å². The molecular formula is C18H30N2. The van der Waals surface area contributed by atoms with Gasteiger partial charge in [-0.15, -0.1) is 0 Å². The van der Waals surface area contributed by atoms with Gasteiger partial charge < -0.3 is 10.6 Å². The van der Waals surface area contributed by atoms with Crippen LogP contribution < -0.4 is 10.6 Å². The molecule has 0 aromatic heterocycles. The molecule has 2 nitrogen and oxygen atoms in total. The molecule has 0 spiro atoms. The first-order valence-corrected chi connectivity index (χ1v) is 8.18. The topological polar surface area (TPSA) is 29.3 Å². The van der Waals surface area contributed by atoms with Crippen LogP contribution in [0.4, 0.5) is 5.69 Å². The average molecular weight is 274 g/mol. The molecule has 0 radical (unpaired) electrons. The van der Waals surface area contributed by atoms with Crippen molar-refractivity contribution in [3.8, 4) is 0 Å². The number of nitrogens with zero attached hydrogens (tertiary/aromatic N) is 1. The molecule has 2 N–H and O–H groups in total. The van der Waals surface area contributed by atoms with Crippen LogP contribution in [-0.4, -0.2) is 19.1 Å². The van der Waals surface area contributed by atoms with Crippen LogP contribution in [0.15, 0.2) is 18.2 Å². The van der Waals surface area contributed by atoms with Crippen molar-refractivity contribution in [3.63, 3.8) is 0 Å². The van der Waals surface area contributed by atoms with Gasteiger partial charge in [-0.3, -0.25) is 0 Å². The molecule has 0 aliphatic heterocycles. The quantitative estimate of drug-likeness (QED) is 0.852. The molecule has 112 valence electrons. The van der Waals surface area contributed by atoms with Crippen molar-refractivity contribution in [3.05, 3.63) is 29.3 Å². The Hall–Kier alpha value is -1.02. The average Bonchev–Trinajstić information content (AvgIpc) is 2.90. The summed E-state index contributed by atoms with van der Waals surface area (Å²) in [4.78, 5) is 2.67. The molecular weight excluding hydrogens is 244 g/mol. The van der Waals surface area contributed by atoms with Crippen LogP contribution in [0.2, 0.25) is 0 Å². The molecule has 1 aliphatic carbocycles. The highest BCUT2D eigenvalue weighted by molar-refractivity contribution is 5.56. The fraction of sp³-hybridized carbons (Fsp3) is 0.667. The van der Waals surface area contributed by atoms with Gasteiger partial charge >= 0.3 is 0 Å². The largest absolute Gasteiger partial charge is 0.368 e. The second-order valence-corrected chi connectivity index (χ2v) is 6.66. The van der Waals surface area contributed by atoms with Crippen LogP contribution in [0, 0.1) is 12.8 Å². The summed E-state index contributed by atoms with van der Waals surface area (Å²) in [5.41, 5.74) is 10.0. The molecule has 2 rings (SSSR count). The summed E-state index contributed by atoms with van der Waals surface area (Å²) >= 11 is 0. The molecule has 1 fully saturated rings. The molecule has 1 aliphatic rings. The molecule has 0 heterocycles. The van der Waals surface area contributed by atoms with E-state index in [4.69, 9.17) is 5.73 Å². The van der Waals surface area contributed by atoms with Gasteiger partial charge in [0.15, 0.2) is 0 Å². The lowest BCUT2D eigenvalue weighted by atomic mass is 10.0. The maximum Gasteiger partial charge on any atom is 0.0402 e. The van der Waals surface area contributed by atoms with Crippen LogP contribution in [-0.2, 0) is 6.42 Å². The molecule has 0 saturated heterocycles. The number of benzene rings is 1. The summed E-state index contributed by atoms with van der Waals surface area (Å²) in [6.45, 7) is 8.70. The number of nitrogens with two attached hydrogens (primary N) is 1. The van der Waals surface area contributed by atoms with Crippen molar-refractivity contribution in [2.24, 2.45) is 11.7 Å². The van der Waals surface area contributed by atoms with E-state index in [-0.39, 0.29) is 0 Å². The summed E-state index contributed by atoms with van der Waals surface area (Å²) in [7, 11) is 0. The normalized spacial score (nSPS) is 16.1. The third-order valence-corrected chi connectivity index (χ3v) is 4.29. The summed E-state index contributed by atoms with van der Waals surface area (Å²) in [6, 6.07) is 7.62. The lowest BCUT2D eigenvalue weighted by Crippen LogP contribution is -2.37. The second-order valence-electron chi connectivity index (χ2n) is 6.66. The minimum absolute atomic E-state index is 0.697. The van der Waals surface area contributed by atoms with Gasteiger partial charge in [0.2, 0.25) is 0 Å². The smallest absolute Gasteiger partial charge is 0.0402 e. The number of aryl methyl sites for hydroxylation is 1. The molecule has 20 heavy (non-hydrogen) atoms. The molecule has 1 aromatic rings. The first-order chi connectivity index (χ1) is 9.61. The van der Waals surface area contributed by atoms with Gasteiger partial charge in [-0.2, -0.15) is 0 Å². The minimum atomic E-state index is 0.697. The van der Waals surface area contributed by atoms with Crippen LogP contribution in [0.25, 0.3) is 0 Å². The highest BCUT2D eigenvalue weighted by Crippen LogP contribution is 2.32. The number of hydrogen-bond donors (Lipinski definition) is 1. The van der Waals surface area contributed by atoms with Crippen LogP contribution in [0.3, 0.4) is 0 Å². The van der Waals surface area contributed by atoms with Gasteiger partial charge in [0.1, 0.15) is 0 Å². The van der Waals surface area contributed by atoms with Gasteiger partial charge in [-0.05, 0) is 50.3 Å². The van der Waals surface area contributed by atoms with E-state index in [1.165, 1.54) is 42.5 Å². The lowest BCUT2D eigenvalue weighted by molar-refractivity contribution is 0.534. The van der Waals surface area contributed by atoms with E-state index in [9.17, 15) is 0 Å². The van der Waals surface area contributed by atoms with Crippen molar-refractivity contribution in [1.29, 1.82) is 0 Å². The zero-order valence-electron chi connectivity index (χ0n) is 13.4. The summed E-state index contributed by atoms with van der Waals surface area (Å²) in [5.74, 6) is 0.697. The highest BCUT2D eigenvalue weighted by atomic mass is 15.2. The van der Waals surface area contributed by atoms with Crippen molar-refractivity contribution in [2.45, 2.75) is 58.9 Å². The Labute approximate surface area is 124 Å². The molecule has 1 aromatic carbocycles. The van der Waals surface area contributed by atoms with Gasteiger partial charge in [0.25, 0.3) is 0 Å². The fourth-order valence-electron chi connectivity index (χ4n) is 3.40.